The molecule has 17 heavy (non-hydrogen) atoms. The molecule has 2 fully saturated rings. The summed E-state index contributed by atoms with van der Waals surface area (Å²) in [6.45, 7) is 0. The average Bonchev–Trinajstić information content (AvgIpc) is 2.76. The second kappa shape index (κ2) is 4.41. The molecule has 2 saturated carbocycles. The fourth-order valence-electron chi connectivity index (χ4n) is 3.35. The zero-order valence-corrected chi connectivity index (χ0v) is 10.1. The van der Waals surface area contributed by atoms with Gasteiger partial charge in [0.1, 0.15) is 0 Å². The lowest BCUT2D eigenvalue weighted by Crippen LogP contribution is -2.40. The van der Waals surface area contributed by atoms with E-state index in [-0.39, 0.29) is 24.0 Å². The van der Waals surface area contributed by atoms with Gasteiger partial charge in [-0.2, -0.15) is 5.10 Å². The SMILES string of the molecule is O=C1C2CCCCCC2=NN1C1CCCC1O. The van der Waals surface area contributed by atoms with Crippen LogP contribution in [0.4, 0.5) is 0 Å². The quantitative estimate of drug-likeness (QED) is 0.753. The van der Waals surface area contributed by atoms with Crippen molar-refractivity contribution in [3.63, 3.8) is 0 Å². The van der Waals surface area contributed by atoms with Crippen molar-refractivity contribution in [3.8, 4) is 0 Å². The summed E-state index contributed by atoms with van der Waals surface area (Å²) in [7, 11) is 0. The van der Waals surface area contributed by atoms with Crippen LogP contribution in [-0.4, -0.2) is 33.9 Å². The fraction of sp³-hybridized carbons (Fsp3) is 0.846. The van der Waals surface area contributed by atoms with Gasteiger partial charge in [0.25, 0.3) is 5.91 Å². The van der Waals surface area contributed by atoms with Crippen molar-refractivity contribution in [2.75, 3.05) is 0 Å². The molecular formula is C13H20N2O2. The lowest BCUT2D eigenvalue weighted by Gasteiger charge is -2.24. The van der Waals surface area contributed by atoms with E-state index in [2.05, 4.69) is 5.10 Å². The Kier molecular flexibility index (Phi) is 2.90. The van der Waals surface area contributed by atoms with Crippen LogP contribution < -0.4 is 0 Å². The summed E-state index contributed by atoms with van der Waals surface area (Å²) < 4.78 is 0. The summed E-state index contributed by atoms with van der Waals surface area (Å²) in [6.07, 6.45) is 7.78. The second-order valence-electron chi connectivity index (χ2n) is 5.49. The van der Waals surface area contributed by atoms with Crippen LogP contribution in [0.3, 0.4) is 0 Å². The molecule has 0 radical (unpaired) electrons. The molecule has 3 atom stereocenters. The van der Waals surface area contributed by atoms with E-state index in [9.17, 15) is 9.90 Å². The Morgan fingerprint density at radius 1 is 1.12 bits per heavy atom. The average molecular weight is 236 g/mol. The number of aliphatic hydroxyl groups excluding tert-OH is 1. The monoisotopic (exact) mass is 236 g/mol. The van der Waals surface area contributed by atoms with Crippen molar-refractivity contribution in [1.82, 2.24) is 5.01 Å². The Morgan fingerprint density at radius 3 is 2.76 bits per heavy atom. The van der Waals surface area contributed by atoms with Crippen molar-refractivity contribution in [1.29, 1.82) is 0 Å². The zero-order valence-electron chi connectivity index (χ0n) is 10.1. The number of rotatable bonds is 1. The van der Waals surface area contributed by atoms with Gasteiger partial charge in [-0.3, -0.25) is 4.79 Å². The van der Waals surface area contributed by atoms with Gasteiger partial charge >= 0.3 is 0 Å². The molecule has 2 aliphatic carbocycles. The van der Waals surface area contributed by atoms with Crippen LogP contribution >= 0.6 is 0 Å². The van der Waals surface area contributed by atoms with Crippen molar-refractivity contribution in [2.45, 2.75) is 63.5 Å². The summed E-state index contributed by atoms with van der Waals surface area (Å²) in [5, 5.41) is 16.0. The summed E-state index contributed by atoms with van der Waals surface area (Å²) in [4.78, 5) is 12.3. The predicted molar refractivity (Wildman–Crippen MR) is 64.5 cm³/mol. The number of fused-ring (bicyclic) bond motifs is 1. The number of carbonyl (C=O) groups is 1. The lowest BCUT2D eigenvalue weighted by molar-refractivity contribution is -0.135. The van der Waals surface area contributed by atoms with Gasteiger partial charge in [0, 0.05) is 0 Å². The minimum absolute atomic E-state index is 0.0327. The number of aliphatic hydroxyl groups is 1. The minimum Gasteiger partial charge on any atom is -0.391 e. The molecule has 1 heterocycles. The molecule has 4 heteroatoms. The molecular weight excluding hydrogens is 216 g/mol. The van der Waals surface area contributed by atoms with Gasteiger partial charge in [0.05, 0.1) is 23.8 Å². The highest BCUT2D eigenvalue weighted by Gasteiger charge is 2.42. The van der Waals surface area contributed by atoms with E-state index in [4.69, 9.17) is 0 Å². The van der Waals surface area contributed by atoms with Gasteiger partial charge in [-0.15, -0.1) is 0 Å². The molecule has 0 aromatic heterocycles. The molecule has 3 rings (SSSR count). The van der Waals surface area contributed by atoms with E-state index in [1.54, 1.807) is 5.01 Å². The fourth-order valence-corrected chi connectivity index (χ4v) is 3.35. The highest BCUT2D eigenvalue weighted by atomic mass is 16.3. The summed E-state index contributed by atoms with van der Waals surface area (Å²) >= 11 is 0. The van der Waals surface area contributed by atoms with E-state index in [0.717, 1.165) is 50.7 Å². The Morgan fingerprint density at radius 2 is 2.00 bits per heavy atom. The standard InChI is InChI=1S/C13H20N2O2/c16-12-8-4-7-11(12)15-13(17)9-5-2-1-3-6-10(9)14-15/h9,11-12,16H,1-8H2. The third kappa shape index (κ3) is 1.88. The molecule has 94 valence electrons. The van der Waals surface area contributed by atoms with Crippen LogP contribution in [0.1, 0.15) is 51.4 Å². The number of amides is 1. The summed E-state index contributed by atoms with van der Waals surface area (Å²) in [5.74, 6) is 0.179. The molecule has 3 unspecified atom stereocenters. The molecule has 0 bridgehead atoms. The molecule has 0 aromatic carbocycles. The number of hydrogen-bond donors (Lipinski definition) is 1. The maximum atomic E-state index is 12.3. The Bertz CT molecular complexity index is 353. The first-order valence-electron chi connectivity index (χ1n) is 6.86. The van der Waals surface area contributed by atoms with Crippen LogP contribution in [0.25, 0.3) is 0 Å². The molecule has 1 aliphatic heterocycles. The Hall–Kier alpha value is -0.900. The first-order chi connectivity index (χ1) is 8.27. The molecule has 0 spiro atoms. The maximum absolute atomic E-state index is 12.3. The van der Waals surface area contributed by atoms with Gasteiger partial charge in [0.2, 0.25) is 0 Å². The topological polar surface area (TPSA) is 52.9 Å². The molecule has 4 nitrogen and oxygen atoms in total. The summed E-state index contributed by atoms with van der Waals surface area (Å²) in [5.41, 5.74) is 1.08. The van der Waals surface area contributed by atoms with Crippen LogP contribution in [0.5, 0.6) is 0 Å². The first kappa shape index (κ1) is 11.2. The highest BCUT2D eigenvalue weighted by molar-refractivity contribution is 6.08. The van der Waals surface area contributed by atoms with Gasteiger partial charge in [-0.1, -0.05) is 12.8 Å². The third-order valence-electron chi connectivity index (χ3n) is 4.35. The lowest BCUT2D eigenvalue weighted by atomic mass is 9.98. The van der Waals surface area contributed by atoms with Crippen molar-refractivity contribution >= 4 is 11.6 Å². The van der Waals surface area contributed by atoms with E-state index in [1.165, 1.54) is 6.42 Å². The van der Waals surface area contributed by atoms with Crippen molar-refractivity contribution in [3.05, 3.63) is 0 Å². The molecule has 0 saturated heterocycles. The number of nitrogens with zero attached hydrogens (tertiary/aromatic N) is 2. The normalized spacial score (nSPS) is 37.9. The van der Waals surface area contributed by atoms with Crippen molar-refractivity contribution < 1.29 is 9.90 Å². The molecule has 1 N–H and O–H groups in total. The van der Waals surface area contributed by atoms with Gasteiger partial charge in [-0.05, 0) is 38.5 Å². The van der Waals surface area contributed by atoms with Gasteiger partial charge < -0.3 is 5.11 Å². The van der Waals surface area contributed by atoms with Crippen LogP contribution in [0.15, 0.2) is 5.10 Å². The number of hydrazone groups is 1. The van der Waals surface area contributed by atoms with Gasteiger partial charge in [0.15, 0.2) is 0 Å². The number of hydrogen-bond acceptors (Lipinski definition) is 3. The smallest absolute Gasteiger partial charge is 0.251 e. The largest absolute Gasteiger partial charge is 0.391 e. The predicted octanol–water partition coefficient (Wildman–Crippen LogP) is 1.68. The second-order valence-corrected chi connectivity index (χ2v) is 5.49. The minimum atomic E-state index is -0.370. The Labute approximate surface area is 102 Å². The number of carbonyl (C=O) groups excluding carboxylic acids is 1. The zero-order chi connectivity index (χ0) is 11.8. The van der Waals surface area contributed by atoms with Crippen molar-refractivity contribution in [2.24, 2.45) is 11.0 Å². The van der Waals surface area contributed by atoms with Crippen LogP contribution in [0.2, 0.25) is 0 Å². The highest BCUT2D eigenvalue weighted by Crippen LogP contribution is 2.33. The van der Waals surface area contributed by atoms with E-state index < -0.39 is 0 Å². The third-order valence-corrected chi connectivity index (χ3v) is 4.35. The van der Waals surface area contributed by atoms with Crippen LogP contribution in [-0.2, 0) is 4.79 Å². The molecule has 3 aliphatic rings. The Balaban J connectivity index is 1.81. The van der Waals surface area contributed by atoms with Gasteiger partial charge in [-0.25, -0.2) is 5.01 Å². The maximum Gasteiger partial charge on any atom is 0.251 e. The first-order valence-corrected chi connectivity index (χ1v) is 6.86. The summed E-state index contributed by atoms with van der Waals surface area (Å²) in [6, 6.07) is -0.0538. The molecule has 1 amide bonds. The van der Waals surface area contributed by atoms with E-state index in [1.807, 2.05) is 0 Å². The van der Waals surface area contributed by atoms with E-state index in [0.29, 0.717) is 0 Å². The van der Waals surface area contributed by atoms with E-state index >= 15 is 0 Å². The molecule has 0 aromatic rings. The van der Waals surface area contributed by atoms with Crippen LogP contribution in [0, 0.1) is 5.92 Å².